The van der Waals surface area contributed by atoms with Crippen molar-refractivity contribution in [2.24, 2.45) is 5.92 Å². The number of nitrogens with zero attached hydrogens (tertiary/aromatic N) is 4. The molecule has 1 aromatic carbocycles. The van der Waals surface area contributed by atoms with E-state index in [1.54, 1.807) is 13.3 Å². The Morgan fingerprint density at radius 1 is 1.11 bits per heavy atom. The molecule has 3 aliphatic rings. The van der Waals surface area contributed by atoms with Crippen molar-refractivity contribution in [2.75, 3.05) is 35.3 Å². The van der Waals surface area contributed by atoms with Crippen LogP contribution >= 0.6 is 0 Å². The molecule has 0 unspecified atom stereocenters. The Bertz CT molecular complexity index is 1070. The van der Waals surface area contributed by atoms with Gasteiger partial charge in [0.05, 0.1) is 19.0 Å². The van der Waals surface area contributed by atoms with Crippen molar-refractivity contribution >= 4 is 29.0 Å². The van der Waals surface area contributed by atoms with Gasteiger partial charge in [-0.25, -0.2) is 4.98 Å². The van der Waals surface area contributed by atoms with E-state index < -0.39 is 5.60 Å². The fourth-order valence-corrected chi connectivity index (χ4v) is 5.42. The van der Waals surface area contributed by atoms with E-state index in [9.17, 15) is 4.79 Å². The molecule has 3 heterocycles. The van der Waals surface area contributed by atoms with Gasteiger partial charge < -0.3 is 19.7 Å². The highest BCUT2D eigenvalue weighted by atomic mass is 16.5. The van der Waals surface area contributed by atoms with Gasteiger partial charge in [0.2, 0.25) is 5.95 Å². The van der Waals surface area contributed by atoms with Gasteiger partial charge in [-0.3, -0.25) is 9.69 Å². The first kappa shape index (κ1) is 23.7. The summed E-state index contributed by atoms with van der Waals surface area (Å²) in [6.07, 6.45) is 9.53. The summed E-state index contributed by atoms with van der Waals surface area (Å²) < 4.78 is 11.7. The number of hydrogen-bond donors (Lipinski definition) is 1. The van der Waals surface area contributed by atoms with Crippen LogP contribution in [0.1, 0.15) is 65.7 Å². The van der Waals surface area contributed by atoms with Crippen molar-refractivity contribution in [1.82, 2.24) is 9.97 Å². The smallest absolute Gasteiger partial charge is 0.272 e. The quantitative estimate of drug-likeness (QED) is 0.623. The summed E-state index contributed by atoms with van der Waals surface area (Å²) >= 11 is 0. The average Bonchev–Trinajstić information content (AvgIpc) is 2.86. The maximum atomic E-state index is 13.4. The Kier molecular flexibility index (Phi) is 6.47. The Labute approximate surface area is 208 Å². The lowest BCUT2D eigenvalue weighted by Crippen LogP contribution is -2.56. The lowest BCUT2D eigenvalue weighted by molar-refractivity contribution is -0.133. The van der Waals surface area contributed by atoms with Crippen LogP contribution in [-0.2, 0) is 4.79 Å². The number of rotatable bonds is 5. The zero-order valence-corrected chi connectivity index (χ0v) is 21.3. The molecule has 1 aliphatic carbocycles. The standard InChI is InChI=1S/C27H37N5O3/c1-18-12-14-31(15-13-18)20-10-11-21(22(16-20)34-4)29-26-28-17-23-24(30-26)32(19-8-6-5-7-9-19)25(33)27(2,3)35-23/h10-11,16-19H,5-9,12-15H2,1-4H3,(H,28,29,30). The minimum Gasteiger partial charge on any atom is -0.494 e. The zero-order chi connectivity index (χ0) is 24.6. The van der Waals surface area contributed by atoms with Gasteiger partial charge in [0.15, 0.2) is 17.2 Å². The Morgan fingerprint density at radius 2 is 1.86 bits per heavy atom. The fraction of sp³-hybridized carbons (Fsp3) is 0.593. The topological polar surface area (TPSA) is 79.8 Å². The molecule has 1 N–H and O–H groups in total. The maximum absolute atomic E-state index is 13.4. The van der Waals surface area contributed by atoms with Crippen molar-refractivity contribution in [3.63, 3.8) is 0 Å². The van der Waals surface area contributed by atoms with E-state index in [0.717, 1.165) is 61.8 Å². The Morgan fingerprint density at radius 3 is 2.57 bits per heavy atom. The second-order valence-electron chi connectivity index (χ2n) is 10.6. The molecular weight excluding hydrogens is 442 g/mol. The van der Waals surface area contributed by atoms with Crippen molar-refractivity contribution in [3.05, 3.63) is 24.4 Å². The number of amides is 1. The third-order valence-corrected chi connectivity index (χ3v) is 7.58. The van der Waals surface area contributed by atoms with Crippen LogP contribution < -0.4 is 24.6 Å². The third-order valence-electron chi connectivity index (χ3n) is 7.58. The number of carbonyl (C=O) groups is 1. The normalized spacial score (nSPS) is 20.9. The van der Waals surface area contributed by atoms with Gasteiger partial charge in [-0.1, -0.05) is 26.2 Å². The molecule has 0 radical (unpaired) electrons. The molecule has 35 heavy (non-hydrogen) atoms. The number of anilines is 4. The van der Waals surface area contributed by atoms with Gasteiger partial charge in [-0.2, -0.15) is 4.98 Å². The van der Waals surface area contributed by atoms with Gasteiger partial charge in [0.25, 0.3) is 5.91 Å². The summed E-state index contributed by atoms with van der Waals surface area (Å²) in [7, 11) is 1.68. The first-order valence-corrected chi connectivity index (χ1v) is 13.0. The molecule has 8 nitrogen and oxygen atoms in total. The minimum absolute atomic E-state index is 0.0423. The molecule has 1 saturated heterocycles. The summed E-state index contributed by atoms with van der Waals surface area (Å²) in [5.41, 5.74) is 1.01. The molecule has 1 aromatic heterocycles. The van der Waals surface area contributed by atoms with E-state index in [1.165, 1.54) is 19.3 Å². The van der Waals surface area contributed by atoms with Crippen LogP contribution in [0.2, 0.25) is 0 Å². The lowest BCUT2D eigenvalue weighted by atomic mass is 9.92. The molecule has 0 bridgehead atoms. The van der Waals surface area contributed by atoms with Gasteiger partial charge in [-0.05, 0) is 57.6 Å². The summed E-state index contributed by atoms with van der Waals surface area (Å²) in [5, 5.41) is 3.31. The zero-order valence-electron chi connectivity index (χ0n) is 21.3. The molecule has 2 aromatic rings. The highest BCUT2D eigenvalue weighted by Gasteiger charge is 2.45. The molecule has 2 aliphatic heterocycles. The second kappa shape index (κ2) is 9.55. The number of benzene rings is 1. The summed E-state index contributed by atoms with van der Waals surface area (Å²) in [6, 6.07) is 6.34. The first-order valence-electron chi connectivity index (χ1n) is 13.0. The number of fused-ring (bicyclic) bond motifs is 1. The van der Waals surface area contributed by atoms with Crippen LogP contribution in [0.25, 0.3) is 0 Å². The molecule has 0 spiro atoms. The van der Waals surface area contributed by atoms with Gasteiger partial charge in [0, 0.05) is 30.9 Å². The predicted octanol–water partition coefficient (Wildman–Crippen LogP) is 5.30. The SMILES string of the molecule is COc1cc(N2CCC(C)CC2)ccc1Nc1ncc2c(n1)N(C1CCCCC1)C(=O)C(C)(C)O2. The number of ether oxygens (including phenoxy) is 2. The number of piperidine rings is 1. The molecular formula is C27H37N5O3. The first-order chi connectivity index (χ1) is 16.9. The highest BCUT2D eigenvalue weighted by Crippen LogP contribution is 2.41. The number of methoxy groups -OCH3 is 1. The number of nitrogens with one attached hydrogen (secondary N) is 1. The van der Waals surface area contributed by atoms with Crippen molar-refractivity contribution in [1.29, 1.82) is 0 Å². The van der Waals surface area contributed by atoms with Crippen molar-refractivity contribution in [3.8, 4) is 11.5 Å². The van der Waals surface area contributed by atoms with Gasteiger partial charge >= 0.3 is 0 Å². The molecule has 2 fully saturated rings. The minimum atomic E-state index is -0.936. The van der Waals surface area contributed by atoms with E-state index in [-0.39, 0.29) is 11.9 Å². The third kappa shape index (κ3) is 4.75. The lowest BCUT2D eigenvalue weighted by Gasteiger charge is -2.42. The van der Waals surface area contributed by atoms with Crippen molar-refractivity contribution in [2.45, 2.75) is 77.4 Å². The number of hydrogen-bond acceptors (Lipinski definition) is 7. The average molecular weight is 480 g/mol. The highest BCUT2D eigenvalue weighted by molar-refractivity contribution is 6.02. The van der Waals surface area contributed by atoms with E-state index in [2.05, 4.69) is 34.3 Å². The Balaban J connectivity index is 1.42. The van der Waals surface area contributed by atoms with E-state index >= 15 is 0 Å². The van der Waals surface area contributed by atoms with Crippen LogP contribution in [0, 0.1) is 5.92 Å². The maximum Gasteiger partial charge on any atom is 0.272 e. The summed E-state index contributed by atoms with van der Waals surface area (Å²) in [6.45, 7) is 8.07. The summed E-state index contributed by atoms with van der Waals surface area (Å²) in [5.74, 6) is 2.99. The largest absolute Gasteiger partial charge is 0.494 e. The number of carbonyl (C=O) groups excluding carboxylic acids is 1. The fourth-order valence-electron chi connectivity index (χ4n) is 5.42. The number of aromatic nitrogens is 2. The van der Waals surface area contributed by atoms with E-state index in [0.29, 0.717) is 17.5 Å². The van der Waals surface area contributed by atoms with Crippen LogP contribution in [0.3, 0.4) is 0 Å². The molecule has 188 valence electrons. The molecule has 8 heteroatoms. The van der Waals surface area contributed by atoms with Crippen LogP contribution in [0.5, 0.6) is 11.5 Å². The second-order valence-corrected chi connectivity index (χ2v) is 10.6. The molecule has 5 rings (SSSR count). The van der Waals surface area contributed by atoms with Crippen LogP contribution in [0.15, 0.2) is 24.4 Å². The molecule has 0 atom stereocenters. The molecule has 1 saturated carbocycles. The Hall–Kier alpha value is -3.03. The van der Waals surface area contributed by atoms with Crippen LogP contribution in [-0.4, -0.2) is 47.7 Å². The van der Waals surface area contributed by atoms with E-state index in [4.69, 9.17) is 14.5 Å². The summed E-state index contributed by atoms with van der Waals surface area (Å²) in [4.78, 5) is 26.9. The monoisotopic (exact) mass is 479 g/mol. The molecule has 1 amide bonds. The van der Waals surface area contributed by atoms with Gasteiger partial charge in [0.1, 0.15) is 5.75 Å². The van der Waals surface area contributed by atoms with Crippen molar-refractivity contribution < 1.29 is 14.3 Å². The predicted molar refractivity (Wildman–Crippen MR) is 138 cm³/mol. The van der Waals surface area contributed by atoms with Crippen LogP contribution in [0.4, 0.5) is 23.1 Å². The van der Waals surface area contributed by atoms with Gasteiger partial charge in [-0.15, -0.1) is 0 Å². The van der Waals surface area contributed by atoms with E-state index in [1.807, 2.05) is 24.8 Å².